The normalized spacial score (nSPS) is 17.4. The Hall–Kier alpha value is -0.830. The van der Waals surface area contributed by atoms with Crippen molar-refractivity contribution in [3.05, 3.63) is 18.2 Å². The summed E-state index contributed by atoms with van der Waals surface area (Å²) < 4.78 is 2.08. The highest BCUT2D eigenvalue weighted by molar-refractivity contribution is 4.98. The van der Waals surface area contributed by atoms with Crippen LogP contribution in [0.5, 0.6) is 0 Å². The third-order valence-electron chi connectivity index (χ3n) is 3.33. The molecule has 1 aromatic rings. The van der Waals surface area contributed by atoms with Gasteiger partial charge >= 0.3 is 0 Å². The third-order valence-corrected chi connectivity index (χ3v) is 3.33. The molecule has 0 aliphatic rings. The van der Waals surface area contributed by atoms with Gasteiger partial charge in [-0.3, -0.25) is 0 Å². The average molecular weight is 210 g/mol. The summed E-state index contributed by atoms with van der Waals surface area (Å²) in [5, 5.41) is 10.3. The Morgan fingerprint density at radius 1 is 1.53 bits per heavy atom. The highest BCUT2D eigenvalue weighted by Gasteiger charge is 2.28. The van der Waals surface area contributed by atoms with Crippen molar-refractivity contribution in [3.8, 4) is 0 Å². The predicted octanol–water partition coefficient (Wildman–Crippen LogP) is 2.24. The largest absolute Gasteiger partial charge is 0.389 e. The van der Waals surface area contributed by atoms with Crippen molar-refractivity contribution in [2.24, 2.45) is 5.92 Å². The van der Waals surface area contributed by atoms with Crippen molar-refractivity contribution in [2.45, 2.75) is 52.7 Å². The lowest BCUT2D eigenvalue weighted by molar-refractivity contribution is 0.00277. The second-order valence-electron chi connectivity index (χ2n) is 4.47. The summed E-state index contributed by atoms with van der Waals surface area (Å²) in [6, 6.07) is 0. The first-order valence-corrected chi connectivity index (χ1v) is 5.73. The average Bonchev–Trinajstić information content (AvgIpc) is 2.63. The first-order valence-electron chi connectivity index (χ1n) is 5.73. The van der Waals surface area contributed by atoms with Gasteiger partial charge < -0.3 is 9.67 Å². The van der Waals surface area contributed by atoms with E-state index in [-0.39, 0.29) is 0 Å². The monoisotopic (exact) mass is 210 g/mol. The van der Waals surface area contributed by atoms with Gasteiger partial charge in [-0.15, -0.1) is 0 Å². The van der Waals surface area contributed by atoms with Gasteiger partial charge in [-0.2, -0.15) is 0 Å². The zero-order valence-electron chi connectivity index (χ0n) is 10.2. The number of aromatic nitrogens is 2. The molecule has 2 unspecified atom stereocenters. The Morgan fingerprint density at radius 2 is 2.20 bits per heavy atom. The third kappa shape index (κ3) is 2.81. The second kappa shape index (κ2) is 4.79. The van der Waals surface area contributed by atoms with Crippen molar-refractivity contribution >= 4 is 0 Å². The van der Waals surface area contributed by atoms with E-state index in [9.17, 15) is 5.11 Å². The van der Waals surface area contributed by atoms with Crippen LogP contribution in [-0.4, -0.2) is 20.3 Å². The molecule has 1 rings (SSSR count). The zero-order valence-corrected chi connectivity index (χ0v) is 10.2. The number of hydrogen-bond donors (Lipinski definition) is 1. The van der Waals surface area contributed by atoms with Crippen molar-refractivity contribution in [1.29, 1.82) is 0 Å². The molecule has 0 aromatic carbocycles. The lowest BCUT2D eigenvalue weighted by Crippen LogP contribution is -2.36. The molecular weight excluding hydrogens is 188 g/mol. The molecule has 3 heteroatoms. The van der Waals surface area contributed by atoms with E-state index in [0.717, 1.165) is 18.8 Å². The molecule has 0 saturated carbocycles. The number of aryl methyl sites for hydroxylation is 1. The summed E-state index contributed by atoms with van der Waals surface area (Å²) in [5.41, 5.74) is -0.660. The minimum atomic E-state index is -0.660. The van der Waals surface area contributed by atoms with Crippen LogP contribution in [0.1, 0.15) is 39.9 Å². The maximum Gasteiger partial charge on any atom is 0.111 e. The SMILES string of the molecule is CCC(C)C(C)(O)Cc1nccn1CC. The van der Waals surface area contributed by atoms with Gasteiger partial charge in [0.05, 0.1) is 5.60 Å². The summed E-state index contributed by atoms with van der Waals surface area (Å²) >= 11 is 0. The van der Waals surface area contributed by atoms with Gasteiger partial charge in [0.2, 0.25) is 0 Å². The van der Waals surface area contributed by atoms with E-state index in [0.29, 0.717) is 12.3 Å². The summed E-state index contributed by atoms with van der Waals surface area (Å²) in [4.78, 5) is 4.29. The van der Waals surface area contributed by atoms with Crippen LogP contribution in [0.3, 0.4) is 0 Å². The van der Waals surface area contributed by atoms with Gasteiger partial charge in [0.15, 0.2) is 0 Å². The molecule has 1 aromatic heterocycles. The Kier molecular flexibility index (Phi) is 3.91. The summed E-state index contributed by atoms with van der Waals surface area (Å²) in [7, 11) is 0. The topological polar surface area (TPSA) is 38.1 Å². The Balaban J connectivity index is 2.76. The quantitative estimate of drug-likeness (QED) is 0.809. The molecule has 0 saturated heterocycles. The molecule has 0 fully saturated rings. The van der Waals surface area contributed by atoms with Crippen molar-refractivity contribution < 1.29 is 5.11 Å². The number of imidazole rings is 1. The van der Waals surface area contributed by atoms with Crippen LogP contribution in [-0.2, 0) is 13.0 Å². The summed E-state index contributed by atoms with van der Waals surface area (Å²) in [5.74, 6) is 1.27. The Morgan fingerprint density at radius 3 is 2.73 bits per heavy atom. The summed E-state index contributed by atoms with van der Waals surface area (Å²) in [6.07, 6.45) is 5.37. The van der Waals surface area contributed by atoms with Gasteiger partial charge in [0.1, 0.15) is 5.82 Å². The smallest absolute Gasteiger partial charge is 0.111 e. The van der Waals surface area contributed by atoms with E-state index in [1.165, 1.54) is 0 Å². The minimum Gasteiger partial charge on any atom is -0.389 e. The Labute approximate surface area is 92.1 Å². The molecule has 0 amide bonds. The van der Waals surface area contributed by atoms with Gasteiger partial charge in [-0.1, -0.05) is 20.3 Å². The minimum absolute atomic E-state index is 0.291. The molecule has 2 atom stereocenters. The number of hydrogen-bond acceptors (Lipinski definition) is 2. The number of aliphatic hydroxyl groups is 1. The lowest BCUT2D eigenvalue weighted by atomic mass is 9.85. The lowest BCUT2D eigenvalue weighted by Gasteiger charge is -2.29. The van der Waals surface area contributed by atoms with Crippen LogP contribution >= 0.6 is 0 Å². The molecule has 3 nitrogen and oxygen atoms in total. The maximum absolute atomic E-state index is 10.3. The summed E-state index contributed by atoms with van der Waals surface area (Å²) in [6.45, 7) is 9.08. The molecule has 0 aliphatic heterocycles. The molecule has 86 valence electrons. The highest BCUT2D eigenvalue weighted by atomic mass is 16.3. The van der Waals surface area contributed by atoms with Crippen LogP contribution in [0, 0.1) is 5.92 Å². The van der Waals surface area contributed by atoms with Crippen molar-refractivity contribution in [2.75, 3.05) is 0 Å². The van der Waals surface area contributed by atoms with Crippen LogP contribution < -0.4 is 0 Å². The van der Waals surface area contributed by atoms with E-state index in [1.807, 2.05) is 13.1 Å². The van der Waals surface area contributed by atoms with Crippen molar-refractivity contribution in [3.63, 3.8) is 0 Å². The zero-order chi connectivity index (χ0) is 11.5. The maximum atomic E-state index is 10.3. The fraction of sp³-hybridized carbons (Fsp3) is 0.750. The molecular formula is C12H22N2O. The van der Waals surface area contributed by atoms with E-state index >= 15 is 0 Å². The van der Waals surface area contributed by atoms with Gasteiger partial charge in [0.25, 0.3) is 0 Å². The first-order chi connectivity index (χ1) is 7.01. The van der Waals surface area contributed by atoms with Gasteiger partial charge in [-0.25, -0.2) is 4.98 Å². The number of nitrogens with zero attached hydrogens (tertiary/aromatic N) is 2. The van der Waals surface area contributed by atoms with Crippen LogP contribution in [0.25, 0.3) is 0 Å². The molecule has 0 bridgehead atoms. The molecule has 0 radical (unpaired) electrons. The molecule has 0 aliphatic carbocycles. The Bertz CT molecular complexity index is 304. The number of rotatable bonds is 5. The highest BCUT2D eigenvalue weighted by Crippen LogP contribution is 2.23. The molecule has 15 heavy (non-hydrogen) atoms. The van der Waals surface area contributed by atoms with E-state index < -0.39 is 5.60 Å². The van der Waals surface area contributed by atoms with Crippen LogP contribution in [0.15, 0.2) is 12.4 Å². The predicted molar refractivity (Wildman–Crippen MR) is 61.7 cm³/mol. The molecule has 1 heterocycles. The first kappa shape index (κ1) is 12.2. The fourth-order valence-electron chi connectivity index (χ4n) is 1.73. The fourth-order valence-corrected chi connectivity index (χ4v) is 1.73. The van der Waals surface area contributed by atoms with Gasteiger partial charge in [-0.05, 0) is 19.8 Å². The van der Waals surface area contributed by atoms with E-state index in [2.05, 4.69) is 30.3 Å². The molecule has 0 spiro atoms. The van der Waals surface area contributed by atoms with Crippen molar-refractivity contribution in [1.82, 2.24) is 9.55 Å². The molecule has 1 N–H and O–H groups in total. The van der Waals surface area contributed by atoms with E-state index in [4.69, 9.17) is 0 Å². The van der Waals surface area contributed by atoms with E-state index in [1.54, 1.807) is 6.20 Å². The van der Waals surface area contributed by atoms with Crippen LogP contribution in [0.2, 0.25) is 0 Å². The second-order valence-corrected chi connectivity index (χ2v) is 4.47. The van der Waals surface area contributed by atoms with Crippen LogP contribution in [0.4, 0.5) is 0 Å². The standard InChI is InChI=1S/C12H22N2O/c1-5-10(3)12(4,15)9-11-13-7-8-14(11)6-2/h7-8,10,15H,5-6,9H2,1-4H3. The van der Waals surface area contributed by atoms with Gasteiger partial charge in [0, 0.05) is 25.4 Å².